The van der Waals surface area contributed by atoms with E-state index in [1.807, 2.05) is 41.5 Å². The number of aliphatic hydroxyl groups is 4. The zero-order chi connectivity index (χ0) is 73.5. The monoisotopic (exact) mass is 1370 g/mol. The van der Waals surface area contributed by atoms with E-state index in [2.05, 4.69) is 0 Å². The van der Waals surface area contributed by atoms with Gasteiger partial charge in [0.25, 0.3) is 0 Å². The van der Waals surface area contributed by atoms with Crippen molar-refractivity contribution in [2.24, 2.45) is 32.5 Å². The molecule has 95 heavy (non-hydrogen) atoms. The first-order chi connectivity index (χ1) is 43.3. The standard InChI is InChI=1S/C67H120O28/c1-58(2,3)50(72)86-38-64(19,54(76)84-34-46(70)32-82-48(30-68)36-92-60(7,8)9)40-88-56(78)90-42-66(21,44-94-62(13,14)15)52(74)80-28-26-24-23-25-27-29-81-53(75)67(22,45-95-63(16,17)18)43-91-57(79)89-41-65(20,39-87-51(73)59(4,5)6)55(77)85-35-47(71)33-83-49(31-69)37-93-61(10,11)12/h46-49,68-71H,23-45H2,1-22H3. The van der Waals surface area contributed by atoms with Crippen molar-refractivity contribution in [1.29, 1.82) is 0 Å². The summed E-state index contributed by atoms with van der Waals surface area (Å²) in [5.41, 5.74) is -11.1. The number of ether oxygens (including phenoxy) is 16. The molecule has 0 saturated heterocycles. The van der Waals surface area contributed by atoms with Gasteiger partial charge in [-0.1, -0.05) is 19.3 Å². The first-order valence-electron chi connectivity index (χ1n) is 32.3. The van der Waals surface area contributed by atoms with Crippen molar-refractivity contribution < 1.29 is 135 Å². The molecule has 0 radical (unpaired) electrons. The van der Waals surface area contributed by atoms with E-state index in [0.29, 0.717) is 32.1 Å². The Hall–Kier alpha value is -5.04. The Morgan fingerprint density at radius 3 is 0.800 bits per heavy atom. The molecule has 0 amide bonds. The van der Waals surface area contributed by atoms with E-state index >= 15 is 0 Å². The third-order valence-electron chi connectivity index (χ3n) is 13.4. The lowest BCUT2D eigenvalue weighted by molar-refractivity contribution is -0.175. The summed E-state index contributed by atoms with van der Waals surface area (Å²) in [5, 5.41) is 40.5. The van der Waals surface area contributed by atoms with Crippen LogP contribution in [0.1, 0.15) is 184 Å². The number of esters is 6. The van der Waals surface area contributed by atoms with Crippen molar-refractivity contribution in [3.63, 3.8) is 0 Å². The second-order valence-corrected chi connectivity index (χ2v) is 31.0. The topological polar surface area (TPSA) is 365 Å². The highest BCUT2D eigenvalue weighted by atomic mass is 16.7. The van der Waals surface area contributed by atoms with Crippen LogP contribution in [0.2, 0.25) is 0 Å². The smallest absolute Gasteiger partial charge is 0.465 e. The third kappa shape index (κ3) is 40.5. The SMILES string of the molecule is CC(C)(C)OCC(CO)OCC(O)COC(=O)C(C)(COC(=O)OCC(C)(COC(C)(C)C)C(=O)OCCCCCCCOC(=O)C(C)(COC(=O)OCC(C)(COC(=O)C(C)(C)C)C(=O)OCC(O)COC(CO)COC(C)(C)C)COC(C)(C)C)COC(=O)C(C)(C)C. The Bertz CT molecular complexity index is 2160. The molecule has 0 aromatic carbocycles. The number of rotatable bonds is 44. The van der Waals surface area contributed by atoms with Crippen molar-refractivity contribution in [1.82, 2.24) is 0 Å². The van der Waals surface area contributed by atoms with Crippen molar-refractivity contribution in [2.45, 2.75) is 231 Å². The number of hydrogen-bond acceptors (Lipinski definition) is 28. The Kier molecular flexibility index (Phi) is 38.6. The number of unbranched alkanes of at least 4 members (excludes halogenated alkanes) is 4. The summed E-state index contributed by atoms with van der Waals surface area (Å²) in [6.07, 6.45) is -4.03. The van der Waals surface area contributed by atoms with Crippen molar-refractivity contribution in [2.75, 3.05) is 119 Å². The van der Waals surface area contributed by atoms with Gasteiger partial charge in [0.1, 0.15) is 98.9 Å². The average Bonchev–Trinajstić information content (AvgIpc) is 0.875. The fourth-order valence-corrected chi connectivity index (χ4v) is 6.92. The lowest BCUT2D eigenvalue weighted by atomic mass is 9.92. The number of aliphatic hydroxyl groups excluding tert-OH is 4. The predicted molar refractivity (Wildman–Crippen MR) is 343 cm³/mol. The quantitative estimate of drug-likeness (QED) is 0.0263. The maximum absolute atomic E-state index is 13.7. The molecule has 28 nitrogen and oxygen atoms in total. The highest BCUT2D eigenvalue weighted by Crippen LogP contribution is 2.29. The van der Waals surface area contributed by atoms with Gasteiger partial charge in [-0.05, 0) is 165 Å². The molecule has 8 unspecified atom stereocenters. The van der Waals surface area contributed by atoms with Gasteiger partial charge in [0.05, 0.1) is 99.3 Å². The van der Waals surface area contributed by atoms with E-state index in [0.717, 1.165) is 0 Å². The van der Waals surface area contributed by atoms with Crippen molar-refractivity contribution in [3.8, 4) is 0 Å². The van der Waals surface area contributed by atoms with Crippen LogP contribution in [0.5, 0.6) is 0 Å². The van der Waals surface area contributed by atoms with Gasteiger partial charge in [-0.2, -0.15) is 0 Å². The fraction of sp³-hybridized carbons (Fsp3) is 0.881. The van der Waals surface area contributed by atoms with Gasteiger partial charge in [-0.3, -0.25) is 28.8 Å². The molecule has 0 aromatic heterocycles. The van der Waals surface area contributed by atoms with E-state index in [-0.39, 0.29) is 52.9 Å². The molecule has 0 rings (SSSR count). The molecule has 8 atom stereocenters. The van der Waals surface area contributed by atoms with Crippen LogP contribution in [-0.4, -0.2) is 234 Å². The Morgan fingerprint density at radius 1 is 0.284 bits per heavy atom. The van der Waals surface area contributed by atoms with E-state index in [1.165, 1.54) is 27.7 Å². The molecule has 0 heterocycles. The van der Waals surface area contributed by atoms with Crippen LogP contribution in [0.4, 0.5) is 9.59 Å². The molecule has 0 aliphatic heterocycles. The first kappa shape index (κ1) is 90.0. The largest absolute Gasteiger partial charge is 0.508 e. The van der Waals surface area contributed by atoms with Crippen LogP contribution in [0.3, 0.4) is 0 Å². The lowest BCUT2D eigenvalue weighted by Crippen LogP contribution is -2.44. The summed E-state index contributed by atoms with van der Waals surface area (Å²) in [7, 11) is 0. The Morgan fingerprint density at radius 2 is 0.537 bits per heavy atom. The second kappa shape index (κ2) is 40.8. The molecule has 4 N–H and O–H groups in total. The van der Waals surface area contributed by atoms with Crippen LogP contribution in [0, 0.1) is 32.5 Å². The van der Waals surface area contributed by atoms with Crippen LogP contribution >= 0.6 is 0 Å². The highest BCUT2D eigenvalue weighted by Gasteiger charge is 2.45. The molecule has 0 aliphatic rings. The lowest BCUT2D eigenvalue weighted by Gasteiger charge is -2.31. The summed E-state index contributed by atoms with van der Waals surface area (Å²) in [5.74, 6) is -4.80. The molecule has 556 valence electrons. The summed E-state index contributed by atoms with van der Waals surface area (Å²) >= 11 is 0. The summed E-state index contributed by atoms with van der Waals surface area (Å²) < 4.78 is 88.6. The van der Waals surface area contributed by atoms with Crippen LogP contribution in [-0.2, 0) is 105 Å². The van der Waals surface area contributed by atoms with E-state index in [1.54, 1.807) is 83.1 Å². The van der Waals surface area contributed by atoms with Crippen molar-refractivity contribution >= 4 is 48.1 Å². The summed E-state index contributed by atoms with van der Waals surface area (Å²) in [6, 6.07) is 0. The maximum atomic E-state index is 13.7. The normalized spacial score (nSPS) is 16.4. The Labute approximate surface area is 563 Å². The molecule has 0 aliphatic carbocycles. The highest BCUT2D eigenvalue weighted by molar-refractivity contribution is 5.81. The van der Waals surface area contributed by atoms with Gasteiger partial charge < -0.3 is 96.2 Å². The first-order valence-corrected chi connectivity index (χ1v) is 32.3. The van der Waals surface area contributed by atoms with Gasteiger partial charge >= 0.3 is 48.1 Å². The van der Waals surface area contributed by atoms with E-state index < -0.39 is 194 Å². The van der Waals surface area contributed by atoms with Crippen LogP contribution < -0.4 is 0 Å². The third-order valence-corrected chi connectivity index (χ3v) is 13.4. The molecular weight excluding hydrogens is 1250 g/mol. The van der Waals surface area contributed by atoms with Crippen LogP contribution in [0.15, 0.2) is 0 Å². The minimum Gasteiger partial charge on any atom is -0.465 e. The Balaban J connectivity index is 5.68. The summed E-state index contributed by atoms with van der Waals surface area (Å²) in [6.45, 7) is 30.1. The van der Waals surface area contributed by atoms with Crippen molar-refractivity contribution in [3.05, 3.63) is 0 Å². The minimum atomic E-state index is -1.80. The van der Waals surface area contributed by atoms with Gasteiger partial charge in [0, 0.05) is 0 Å². The van der Waals surface area contributed by atoms with Gasteiger partial charge in [-0.15, -0.1) is 0 Å². The molecule has 0 fully saturated rings. The number of carbonyl (C=O) groups is 8. The van der Waals surface area contributed by atoms with Gasteiger partial charge in [0.2, 0.25) is 0 Å². The van der Waals surface area contributed by atoms with E-state index in [4.69, 9.17) is 75.8 Å². The molecular formula is C67H120O28. The molecule has 0 aromatic rings. The molecule has 0 spiro atoms. The fourth-order valence-electron chi connectivity index (χ4n) is 6.92. The summed E-state index contributed by atoms with van der Waals surface area (Å²) in [4.78, 5) is 106. The van der Waals surface area contributed by atoms with Crippen LogP contribution in [0.25, 0.3) is 0 Å². The van der Waals surface area contributed by atoms with Gasteiger partial charge in [0.15, 0.2) is 0 Å². The molecule has 28 heteroatoms. The maximum Gasteiger partial charge on any atom is 0.508 e. The zero-order valence-electron chi connectivity index (χ0n) is 61.2. The predicted octanol–water partition coefficient (Wildman–Crippen LogP) is 7.36. The average molecular weight is 1370 g/mol. The van der Waals surface area contributed by atoms with Gasteiger partial charge in [-0.25, -0.2) is 9.59 Å². The molecule has 0 saturated carbocycles. The minimum absolute atomic E-state index is 0.00374. The second-order valence-electron chi connectivity index (χ2n) is 31.0. The number of hydrogen-bond donors (Lipinski definition) is 4. The number of carbonyl (C=O) groups excluding carboxylic acids is 8. The van der Waals surface area contributed by atoms with E-state index in [9.17, 15) is 58.8 Å². The zero-order valence-corrected chi connectivity index (χ0v) is 61.2. The molecule has 0 bridgehead atoms.